The van der Waals surface area contributed by atoms with Gasteiger partial charge in [-0.05, 0) is 24.1 Å². The van der Waals surface area contributed by atoms with E-state index in [-0.39, 0.29) is 11.2 Å². The second kappa shape index (κ2) is 7.89. The number of hydrogen-bond donors (Lipinski definition) is 2. The maximum absolute atomic E-state index is 13.2. The Bertz CT molecular complexity index is 620. The molecule has 0 saturated heterocycles. The molecule has 1 aliphatic heterocycles. The molecule has 0 aliphatic carbocycles. The SMILES string of the molecule is CCCN1C=C(SC(C)C)C(=O)C(S)(c2cccc(Br)c2)C1S. The number of thiol groups is 2. The Labute approximate surface area is 162 Å². The summed E-state index contributed by atoms with van der Waals surface area (Å²) in [6, 6.07) is 7.79. The average molecular weight is 432 g/mol. The summed E-state index contributed by atoms with van der Waals surface area (Å²) in [6.07, 6.45) is 2.95. The van der Waals surface area contributed by atoms with Crippen molar-refractivity contribution in [1.82, 2.24) is 4.90 Å². The van der Waals surface area contributed by atoms with Crippen LogP contribution >= 0.6 is 52.9 Å². The first-order valence-corrected chi connectivity index (χ1v) is 10.3. The van der Waals surface area contributed by atoms with Gasteiger partial charge in [-0.1, -0.05) is 48.8 Å². The van der Waals surface area contributed by atoms with Crippen LogP contribution in [0.1, 0.15) is 32.8 Å². The zero-order valence-corrected chi connectivity index (χ0v) is 17.7. The van der Waals surface area contributed by atoms with Crippen molar-refractivity contribution in [3.8, 4) is 0 Å². The molecule has 6 heteroatoms. The van der Waals surface area contributed by atoms with Crippen molar-refractivity contribution >= 4 is 58.7 Å². The average Bonchev–Trinajstić information content (AvgIpc) is 2.49. The van der Waals surface area contributed by atoms with Crippen LogP contribution in [-0.4, -0.2) is 27.9 Å². The van der Waals surface area contributed by atoms with Gasteiger partial charge in [-0.25, -0.2) is 0 Å². The van der Waals surface area contributed by atoms with Gasteiger partial charge in [0.25, 0.3) is 0 Å². The molecule has 2 unspecified atom stereocenters. The van der Waals surface area contributed by atoms with Gasteiger partial charge in [0.05, 0.1) is 10.3 Å². The van der Waals surface area contributed by atoms with E-state index in [9.17, 15) is 4.79 Å². The molecule has 0 bridgehead atoms. The minimum Gasteiger partial charge on any atom is -0.362 e. The number of carbonyl (C=O) groups is 1. The van der Waals surface area contributed by atoms with Gasteiger partial charge in [0, 0.05) is 22.5 Å². The van der Waals surface area contributed by atoms with Crippen LogP contribution in [0.25, 0.3) is 0 Å². The number of rotatable bonds is 5. The maximum atomic E-state index is 13.2. The number of carbonyl (C=O) groups excluding carboxylic acids is 1. The molecule has 2 rings (SSSR count). The molecule has 0 amide bonds. The molecule has 23 heavy (non-hydrogen) atoms. The van der Waals surface area contributed by atoms with Crippen LogP contribution in [0.4, 0.5) is 0 Å². The first-order chi connectivity index (χ1) is 10.8. The molecule has 0 spiro atoms. The third-order valence-electron chi connectivity index (χ3n) is 3.65. The Morgan fingerprint density at radius 2 is 2.13 bits per heavy atom. The Morgan fingerprint density at radius 1 is 1.43 bits per heavy atom. The third kappa shape index (κ3) is 3.97. The Balaban J connectivity index is 2.52. The zero-order valence-electron chi connectivity index (χ0n) is 13.5. The highest BCUT2D eigenvalue weighted by Gasteiger charge is 2.49. The number of ketones is 1. The molecule has 1 aromatic rings. The van der Waals surface area contributed by atoms with E-state index in [1.807, 2.05) is 30.5 Å². The molecule has 2 nitrogen and oxygen atoms in total. The number of benzene rings is 1. The molecule has 0 fully saturated rings. The maximum Gasteiger partial charge on any atom is 0.193 e. The molecule has 0 saturated carbocycles. The lowest BCUT2D eigenvalue weighted by Crippen LogP contribution is -2.51. The first kappa shape index (κ1) is 19.3. The monoisotopic (exact) mass is 431 g/mol. The van der Waals surface area contributed by atoms with Crippen molar-refractivity contribution in [2.75, 3.05) is 6.54 Å². The lowest BCUT2D eigenvalue weighted by molar-refractivity contribution is -0.118. The van der Waals surface area contributed by atoms with Gasteiger partial charge < -0.3 is 4.90 Å². The number of nitrogens with zero attached hydrogens (tertiary/aromatic N) is 1. The van der Waals surface area contributed by atoms with Crippen LogP contribution in [0.2, 0.25) is 0 Å². The topological polar surface area (TPSA) is 20.3 Å². The van der Waals surface area contributed by atoms with Crippen molar-refractivity contribution in [2.45, 2.75) is 42.6 Å². The highest BCUT2D eigenvalue weighted by Crippen LogP contribution is 2.46. The highest BCUT2D eigenvalue weighted by molar-refractivity contribution is 9.10. The van der Waals surface area contributed by atoms with Gasteiger partial charge in [-0.2, -0.15) is 25.3 Å². The van der Waals surface area contributed by atoms with Crippen LogP contribution in [0.5, 0.6) is 0 Å². The second-order valence-electron chi connectivity index (χ2n) is 5.88. The van der Waals surface area contributed by atoms with Gasteiger partial charge in [0.1, 0.15) is 4.75 Å². The fraction of sp³-hybridized carbons (Fsp3) is 0.471. The van der Waals surface area contributed by atoms with Crippen LogP contribution in [0, 0.1) is 0 Å². The van der Waals surface area contributed by atoms with E-state index in [0.29, 0.717) is 5.25 Å². The molecule has 1 aromatic carbocycles. The van der Waals surface area contributed by atoms with Crippen molar-refractivity contribution in [1.29, 1.82) is 0 Å². The minimum absolute atomic E-state index is 0.0324. The molecule has 1 heterocycles. The predicted octanol–water partition coefficient (Wildman–Crippen LogP) is 5.11. The van der Waals surface area contributed by atoms with Gasteiger partial charge in [-0.3, -0.25) is 4.79 Å². The molecule has 0 aromatic heterocycles. The highest BCUT2D eigenvalue weighted by atomic mass is 79.9. The summed E-state index contributed by atoms with van der Waals surface area (Å²) in [5.41, 5.74) is 0.872. The second-order valence-corrected chi connectivity index (χ2v) is 9.61. The third-order valence-corrected chi connectivity index (χ3v) is 6.75. The summed E-state index contributed by atoms with van der Waals surface area (Å²) < 4.78 is -0.0278. The summed E-state index contributed by atoms with van der Waals surface area (Å²) in [6.45, 7) is 7.16. The normalized spacial score (nSPS) is 25.0. The Morgan fingerprint density at radius 3 is 2.70 bits per heavy atom. The number of allylic oxidation sites excluding steroid dienone is 1. The van der Waals surface area contributed by atoms with Crippen LogP contribution in [0.3, 0.4) is 0 Å². The van der Waals surface area contributed by atoms with Crippen molar-refractivity contribution in [3.63, 3.8) is 0 Å². The molecule has 2 atom stereocenters. The summed E-state index contributed by atoms with van der Waals surface area (Å²) in [5, 5.41) is 0.0364. The zero-order chi connectivity index (χ0) is 17.2. The molecule has 126 valence electrons. The number of Topliss-reactive ketones (excluding diaryl/α,β-unsaturated/α-hetero) is 1. The lowest BCUT2D eigenvalue weighted by atomic mass is 9.90. The number of thioether (sulfide) groups is 1. The van der Waals surface area contributed by atoms with Crippen molar-refractivity contribution in [3.05, 3.63) is 45.4 Å². The van der Waals surface area contributed by atoms with Gasteiger partial charge in [0.2, 0.25) is 0 Å². The largest absolute Gasteiger partial charge is 0.362 e. The summed E-state index contributed by atoms with van der Waals surface area (Å²) in [4.78, 5) is 16.1. The quantitative estimate of drug-likeness (QED) is 0.632. The molecule has 0 N–H and O–H groups in total. The van der Waals surface area contributed by atoms with Crippen molar-refractivity contribution < 1.29 is 4.79 Å². The fourth-order valence-electron chi connectivity index (χ4n) is 2.61. The van der Waals surface area contributed by atoms with Gasteiger partial charge in [-0.15, -0.1) is 11.8 Å². The van der Waals surface area contributed by atoms with E-state index < -0.39 is 4.75 Å². The van der Waals surface area contributed by atoms with Crippen LogP contribution in [-0.2, 0) is 9.54 Å². The number of halogens is 1. The van der Waals surface area contributed by atoms with E-state index >= 15 is 0 Å². The van der Waals surface area contributed by atoms with Crippen LogP contribution < -0.4 is 0 Å². The summed E-state index contributed by atoms with van der Waals surface area (Å²) in [5.74, 6) is 0.0324. The fourth-order valence-corrected chi connectivity index (χ4v) is 4.92. The van der Waals surface area contributed by atoms with E-state index in [0.717, 1.165) is 27.9 Å². The Hall–Kier alpha value is -0.0400. The minimum atomic E-state index is -0.964. The Kier molecular flexibility index (Phi) is 6.62. The van der Waals surface area contributed by atoms with E-state index in [1.54, 1.807) is 11.8 Å². The number of hydrogen-bond acceptors (Lipinski definition) is 5. The molecular weight excluding hydrogens is 410 g/mol. The van der Waals surface area contributed by atoms with E-state index in [2.05, 4.69) is 41.6 Å². The standard InChI is InChI=1S/C17H22BrNOS3/c1-4-8-19-10-14(23-11(2)3)15(20)17(22,16(19)21)12-6-5-7-13(18)9-12/h5-7,9-11,16,21-22H,4,8H2,1-3H3. The summed E-state index contributed by atoms with van der Waals surface area (Å²) in [7, 11) is 0. The van der Waals surface area contributed by atoms with E-state index in [1.165, 1.54) is 0 Å². The molecule has 1 aliphatic rings. The summed E-state index contributed by atoms with van der Waals surface area (Å²) >= 11 is 14.7. The lowest BCUT2D eigenvalue weighted by Gasteiger charge is -2.44. The van der Waals surface area contributed by atoms with Gasteiger partial charge in [0.15, 0.2) is 5.78 Å². The van der Waals surface area contributed by atoms with Gasteiger partial charge >= 0.3 is 0 Å². The van der Waals surface area contributed by atoms with E-state index in [4.69, 9.17) is 25.3 Å². The first-order valence-electron chi connectivity index (χ1n) is 7.66. The van der Waals surface area contributed by atoms with Crippen molar-refractivity contribution in [2.24, 2.45) is 0 Å². The smallest absolute Gasteiger partial charge is 0.193 e. The predicted molar refractivity (Wildman–Crippen MR) is 110 cm³/mol. The molecular formula is C17H22BrNOS3. The molecule has 0 radical (unpaired) electrons. The van der Waals surface area contributed by atoms with Crippen LogP contribution in [0.15, 0.2) is 39.8 Å².